The highest BCUT2D eigenvalue weighted by Gasteiger charge is 2.25. The molecule has 13 nitrogen and oxygen atoms in total. The topological polar surface area (TPSA) is 167 Å². The van der Waals surface area contributed by atoms with E-state index in [2.05, 4.69) is 41.8 Å². The van der Waals surface area contributed by atoms with Gasteiger partial charge in [-0.15, -0.1) is 0 Å². The van der Waals surface area contributed by atoms with Gasteiger partial charge < -0.3 is 30.0 Å². The molecule has 0 bridgehead atoms. The van der Waals surface area contributed by atoms with Crippen molar-refractivity contribution in [2.45, 2.75) is 13.5 Å². The SMILES string of the molecule is Cc1c(Br)c([N+](=O)[O-])nn1Cc1noc(C(=O)NCCNC(=O)COc2cccc(Cl)c2)n1. The molecule has 0 fully saturated rings. The second-order valence-electron chi connectivity index (χ2n) is 6.51. The van der Waals surface area contributed by atoms with Gasteiger partial charge in [0, 0.05) is 18.1 Å². The van der Waals surface area contributed by atoms with Crippen LogP contribution < -0.4 is 15.4 Å². The van der Waals surface area contributed by atoms with Gasteiger partial charge >= 0.3 is 17.6 Å². The van der Waals surface area contributed by atoms with Gasteiger partial charge in [0.2, 0.25) is 0 Å². The van der Waals surface area contributed by atoms with Crippen LogP contribution in [-0.2, 0) is 11.3 Å². The highest BCUT2D eigenvalue weighted by molar-refractivity contribution is 9.10. The van der Waals surface area contributed by atoms with Crippen LogP contribution in [-0.4, -0.2) is 56.4 Å². The fourth-order valence-corrected chi connectivity index (χ4v) is 3.14. The summed E-state index contributed by atoms with van der Waals surface area (Å²) in [6.07, 6.45) is 0. The highest BCUT2D eigenvalue weighted by Crippen LogP contribution is 2.27. The van der Waals surface area contributed by atoms with Crippen molar-refractivity contribution < 1.29 is 23.8 Å². The van der Waals surface area contributed by atoms with Crippen LogP contribution in [0, 0.1) is 17.0 Å². The number of halogens is 2. The molecule has 2 heterocycles. The van der Waals surface area contributed by atoms with Crippen molar-refractivity contribution in [1.29, 1.82) is 0 Å². The van der Waals surface area contributed by atoms with Gasteiger partial charge in [-0.3, -0.25) is 9.59 Å². The maximum Gasteiger partial charge on any atom is 0.404 e. The second-order valence-corrected chi connectivity index (χ2v) is 7.73. The number of aromatic nitrogens is 4. The Kier molecular flexibility index (Phi) is 7.95. The van der Waals surface area contributed by atoms with Gasteiger partial charge in [0.15, 0.2) is 12.4 Å². The lowest BCUT2D eigenvalue weighted by atomic mass is 10.3. The fourth-order valence-electron chi connectivity index (χ4n) is 2.53. The van der Waals surface area contributed by atoms with E-state index in [1.54, 1.807) is 31.2 Å². The molecule has 3 rings (SSSR count). The summed E-state index contributed by atoms with van der Waals surface area (Å²) in [5.74, 6) is -1.07. The maximum absolute atomic E-state index is 12.1. The van der Waals surface area contributed by atoms with Gasteiger partial charge in [-0.25, -0.2) is 0 Å². The minimum atomic E-state index is -0.637. The molecule has 3 aromatic rings. The Morgan fingerprint density at radius 1 is 1.33 bits per heavy atom. The molecule has 2 amide bonds. The Bertz CT molecular complexity index is 1180. The van der Waals surface area contributed by atoms with Crippen LogP contribution in [0.25, 0.3) is 0 Å². The molecular weight excluding hydrogens is 526 g/mol. The molecule has 0 spiro atoms. The summed E-state index contributed by atoms with van der Waals surface area (Å²) in [4.78, 5) is 38.3. The molecule has 174 valence electrons. The summed E-state index contributed by atoms with van der Waals surface area (Å²) in [7, 11) is 0. The van der Waals surface area contributed by atoms with Crippen molar-refractivity contribution in [3.05, 3.63) is 61.3 Å². The largest absolute Gasteiger partial charge is 0.484 e. The van der Waals surface area contributed by atoms with Crippen molar-refractivity contribution in [3.63, 3.8) is 0 Å². The molecule has 2 N–H and O–H groups in total. The Balaban J connectivity index is 1.42. The first kappa shape index (κ1) is 24.1. The number of nitrogens with zero attached hydrogens (tertiary/aromatic N) is 5. The second kappa shape index (κ2) is 10.9. The third-order valence-corrected chi connectivity index (χ3v) is 5.31. The molecule has 0 saturated carbocycles. The van der Waals surface area contributed by atoms with Crippen LogP contribution in [0.15, 0.2) is 33.3 Å². The number of carbonyl (C=O) groups is 2. The van der Waals surface area contributed by atoms with E-state index in [1.807, 2.05) is 0 Å². The minimum Gasteiger partial charge on any atom is -0.484 e. The molecule has 0 radical (unpaired) electrons. The lowest BCUT2D eigenvalue weighted by Crippen LogP contribution is -2.36. The van der Waals surface area contributed by atoms with Crippen molar-refractivity contribution >= 4 is 45.2 Å². The lowest BCUT2D eigenvalue weighted by Gasteiger charge is -2.08. The van der Waals surface area contributed by atoms with E-state index < -0.39 is 10.8 Å². The van der Waals surface area contributed by atoms with E-state index in [-0.39, 0.29) is 54.2 Å². The Labute approximate surface area is 199 Å². The molecule has 0 atom stereocenters. The molecule has 0 aliphatic heterocycles. The van der Waals surface area contributed by atoms with Gasteiger partial charge in [-0.05, 0) is 46.0 Å². The van der Waals surface area contributed by atoms with E-state index in [9.17, 15) is 19.7 Å². The average molecular weight is 543 g/mol. The van der Waals surface area contributed by atoms with E-state index in [1.165, 1.54) is 4.68 Å². The molecule has 0 aliphatic rings. The van der Waals surface area contributed by atoms with Crippen molar-refractivity contribution in [1.82, 2.24) is 30.6 Å². The number of hydrogen-bond acceptors (Lipinski definition) is 9. The van der Waals surface area contributed by atoms with E-state index >= 15 is 0 Å². The summed E-state index contributed by atoms with van der Waals surface area (Å²) < 4.78 is 11.8. The van der Waals surface area contributed by atoms with E-state index in [0.717, 1.165) is 0 Å². The zero-order valence-corrected chi connectivity index (χ0v) is 19.4. The molecule has 15 heteroatoms. The average Bonchev–Trinajstić information content (AvgIpc) is 3.36. The molecule has 0 saturated heterocycles. The van der Waals surface area contributed by atoms with Crippen LogP contribution in [0.5, 0.6) is 5.75 Å². The van der Waals surface area contributed by atoms with Crippen LogP contribution in [0.1, 0.15) is 22.2 Å². The third-order valence-electron chi connectivity index (χ3n) is 4.14. The number of hydrogen-bond donors (Lipinski definition) is 2. The predicted molar refractivity (Wildman–Crippen MR) is 117 cm³/mol. The predicted octanol–water partition coefficient (Wildman–Crippen LogP) is 1.87. The quantitative estimate of drug-likeness (QED) is 0.221. The molecule has 2 aromatic heterocycles. The van der Waals surface area contributed by atoms with Gasteiger partial charge in [-0.1, -0.05) is 22.8 Å². The van der Waals surface area contributed by atoms with Crippen LogP contribution in [0.4, 0.5) is 5.82 Å². The number of nitro groups is 1. The zero-order chi connectivity index (χ0) is 24.0. The first-order valence-electron chi connectivity index (χ1n) is 9.37. The van der Waals surface area contributed by atoms with Crippen LogP contribution >= 0.6 is 27.5 Å². The number of benzene rings is 1. The molecule has 0 aliphatic carbocycles. The van der Waals surface area contributed by atoms with Gasteiger partial charge in [0.05, 0.1) is 10.8 Å². The fraction of sp³-hybridized carbons (Fsp3) is 0.278. The Hall–Kier alpha value is -3.52. The van der Waals surface area contributed by atoms with Crippen molar-refractivity contribution in [3.8, 4) is 5.75 Å². The van der Waals surface area contributed by atoms with Crippen LogP contribution in [0.2, 0.25) is 5.02 Å². The number of carbonyl (C=O) groups excluding carboxylic acids is 2. The molecule has 1 aromatic carbocycles. The Morgan fingerprint density at radius 3 is 2.79 bits per heavy atom. The number of ether oxygens (including phenoxy) is 1. The van der Waals surface area contributed by atoms with Crippen molar-refractivity contribution in [2.75, 3.05) is 19.7 Å². The molecule has 33 heavy (non-hydrogen) atoms. The number of amides is 2. The summed E-state index contributed by atoms with van der Waals surface area (Å²) in [5.41, 5.74) is 0.493. The number of nitrogens with one attached hydrogen (secondary N) is 2. The first-order chi connectivity index (χ1) is 15.7. The summed E-state index contributed by atoms with van der Waals surface area (Å²) in [6.45, 7) is 1.65. The van der Waals surface area contributed by atoms with Crippen molar-refractivity contribution in [2.24, 2.45) is 0 Å². The van der Waals surface area contributed by atoms with Crippen LogP contribution in [0.3, 0.4) is 0 Å². The standard InChI is InChI=1S/C18H17BrClN7O6/c1-10-15(19)16(27(30)31)24-26(10)8-13-23-18(33-25-13)17(29)22-6-5-21-14(28)9-32-12-4-2-3-11(20)7-12/h2-4,7H,5-6,8-9H2,1H3,(H,21,28)(H,22,29). The maximum atomic E-state index is 12.1. The summed E-state index contributed by atoms with van der Waals surface area (Å²) >= 11 is 8.96. The molecule has 0 unspecified atom stereocenters. The normalized spacial score (nSPS) is 10.6. The van der Waals surface area contributed by atoms with Gasteiger partial charge in [-0.2, -0.15) is 9.67 Å². The van der Waals surface area contributed by atoms with E-state index in [0.29, 0.717) is 16.5 Å². The monoisotopic (exact) mass is 541 g/mol. The van der Waals surface area contributed by atoms with Gasteiger partial charge in [0.1, 0.15) is 16.8 Å². The first-order valence-corrected chi connectivity index (χ1v) is 10.5. The highest BCUT2D eigenvalue weighted by atomic mass is 79.9. The number of rotatable bonds is 10. The lowest BCUT2D eigenvalue weighted by molar-refractivity contribution is -0.390. The van der Waals surface area contributed by atoms with Gasteiger partial charge in [0.25, 0.3) is 5.91 Å². The van der Waals surface area contributed by atoms with E-state index in [4.69, 9.17) is 20.9 Å². The summed E-state index contributed by atoms with van der Waals surface area (Å²) in [6, 6.07) is 6.65. The third kappa shape index (κ3) is 6.49. The molecular formula is C18H17BrClN7O6. The Morgan fingerprint density at radius 2 is 2.09 bits per heavy atom. The smallest absolute Gasteiger partial charge is 0.404 e. The minimum absolute atomic E-state index is 0.0300. The zero-order valence-electron chi connectivity index (χ0n) is 17.1. The summed E-state index contributed by atoms with van der Waals surface area (Å²) in [5, 5.41) is 24.1.